The Balaban J connectivity index is 1.80. The number of nitrogens with zero attached hydrogens (tertiary/aromatic N) is 3. The van der Waals surface area contributed by atoms with Gasteiger partial charge in [-0.3, -0.25) is 9.78 Å². The maximum Gasteiger partial charge on any atom is 0.232 e. The smallest absolute Gasteiger partial charge is 0.232 e. The molecule has 0 spiro atoms. The van der Waals surface area contributed by atoms with Crippen molar-refractivity contribution in [2.45, 2.75) is 18.2 Å². The summed E-state index contributed by atoms with van der Waals surface area (Å²) in [5, 5.41) is 0. The summed E-state index contributed by atoms with van der Waals surface area (Å²) in [5.74, 6) is 0.689. The minimum Gasteiger partial charge on any atom is -0.344 e. The summed E-state index contributed by atoms with van der Waals surface area (Å²) in [4.78, 5) is 21.5. The number of carbonyl (C=O) groups excluding carboxylic acids is 1. The molecular formula is C15H23N3OS. The molecule has 1 aromatic rings. The van der Waals surface area contributed by atoms with E-state index in [1.165, 1.54) is 6.42 Å². The fraction of sp³-hybridized carbons (Fsp3) is 0.600. The lowest BCUT2D eigenvalue weighted by Gasteiger charge is -2.29. The van der Waals surface area contributed by atoms with Crippen LogP contribution >= 0.6 is 11.8 Å². The minimum absolute atomic E-state index is 0.197. The lowest BCUT2D eigenvalue weighted by Crippen LogP contribution is -2.39. The highest BCUT2D eigenvalue weighted by Crippen LogP contribution is 2.29. The summed E-state index contributed by atoms with van der Waals surface area (Å²) in [6.45, 7) is 5.32. The van der Waals surface area contributed by atoms with Gasteiger partial charge in [-0.2, -0.15) is 0 Å². The Bertz CT molecular complexity index is 454. The van der Waals surface area contributed by atoms with Gasteiger partial charge >= 0.3 is 0 Å². The molecule has 0 unspecified atom stereocenters. The third-order valence-electron chi connectivity index (χ3n) is 3.81. The first kappa shape index (κ1) is 15.3. The Morgan fingerprint density at radius 1 is 1.50 bits per heavy atom. The van der Waals surface area contributed by atoms with Crippen molar-refractivity contribution in [2.24, 2.45) is 5.41 Å². The molecule has 1 fully saturated rings. The molecule has 1 saturated heterocycles. The third kappa shape index (κ3) is 4.21. The lowest BCUT2D eigenvalue weighted by molar-refractivity contribution is -0.128. The van der Waals surface area contributed by atoms with Gasteiger partial charge < -0.3 is 9.80 Å². The van der Waals surface area contributed by atoms with Crippen molar-refractivity contribution in [3.8, 4) is 0 Å². The molecule has 4 nitrogen and oxygen atoms in total. The van der Waals surface area contributed by atoms with E-state index in [1.807, 2.05) is 24.1 Å². The summed E-state index contributed by atoms with van der Waals surface area (Å²) < 4.78 is 0. The Kier molecular flexibility index (Phi) is 5.05. The topological polar surface area (TPSA) is 36.4 Å². The standard InChI is InChI=1S/C15H23N3OS/c1-15(6-9-17(2)11-15)12-18(3)14(19)10-20-13-4-7-16-8-5-13/h4-5,7-8H,6,9-12H2,1-3H3/t15-/m1/s1. The van der Waals surface area contributed by atoms with Crippen molar-refractivity contribution in [1.82, 2.24) is 14.8 Å². The maximum atomic E-state index is 12.2. The van der Waals surface area contributed by atoms with E-state index in [2.05, 4.69) is 23.9 Å². The molecule has 1 aliphatic rings. The zero-order valence-corrected chi connectivity index (χ0v) is 13.3. The quantitative estimate of drug-likeness (QED) is 0.778. The predicted octanol–water partition coefficient (Wildman–Crippen LogP) is 1.97. The average molecular weight is 293 g/mol. The Labute approximate surface area is 125 Å². The van der Waals surface area contributed by atoms with Gasteiger partial charge in [0.15, 0.2) is 0 Å². The second-order valence-electron chi connectivity index (χ2n) is 6.02. The van der Waals surface area contributed by atoms with E-state index < -0.39 is 0 Å². The van der Waals surface area contributed by atoms with Crippen LogP contribution in [0.3, 0.4) is 0 Å². The summed E-state index contributed by atoms with van der Waals surface area (Å²) in [6, 6.07) is 3.87. The normalized spacial score (nSPS) is 22.9. The van der Waals surface area contributed by atoms with Crippen LogP contribution in [-0.2, 0) is 4.79 Å². The van der Waals surface area contributed by atoms with Crippen LogP contribution in [0.15, 0.2) is 29.4 Å². The van der Waals surface area contributed by atoms with Gasteiger partial charge in [-0.1, -0.05) is 6.92 Å². The van der Waals surface area contributed by atoms with Gasteiger partial charge in [-0.15, -0.1) is 11.8 Å². The number of likely N-dealkylation sites (tertiary alicyclic amines) is 1. The van der Waals surface area contributed by atoms with Gasteiger partial charge in [-0.05, 0) is 37.6 Å². The highest BCUT2D eigenvalue weighted by atomic mass is 32.2. The number of thioether (sulfide) groups is 1. The first-order valence-corrected chi connectivity index (χ1v) is 7.92. The average Bonchev–Trinajstić information content (AvgIpc) is 2.76. The van der Waals surface area contributed by atoms with Crippen molar-refractivity contribution in [3.05, 3.63) is 24.5 Å². The second kappa shape index (κ2) is 6.59. The Hall–Kier alpha value is -1.07. The number of aromatic nitrogens is 1. The molecule has 110 valence electrons. The highest BCUT2D eigenvalue weighted by Gasteiger charge is 2.33. The molecular weight excluding hydrogens is 270 g/mol. The van der Waals surface area contributed by atoms with Crippen molar-refractivity contribution in [2.75, 3.05) is 39.5 Å². The van der Waals surface area contributed by atoms with Gasteiger partial charge in [-0.25, -0.2) is 0 Å². The van der Waals surface area contributed by atoms with Crippen LogP contribution in [0.1, 0.15) is 13.3 Å². The zero-order valence-electron chi connectivity index (χ0n) is 12.5. The molecule has 0 radical (unpaired) electrons. The number of rotatable bonds is 5. The summed E-state index contributed by atoms with van der Waals surface area (Å²) in [7, 11) is 4.06. The molecule has 20 heavy (non-hydrogen) atoms. The van der Waals surface area contributed by atoms with E-state index in [4.69, 9.17) is 0 Å². The zero-order chi connectivity index (χ0) is 14.6. The van der Waals surface area contributed by atoms with Crippen LogP contribution in [0.2, 0.25) is 0 Å². The molecule has 0 saturated carbocycles. The summed E-state index contributed by atoms with van der Waals surface area (Å²) in [6.07, 6.45) is 4.68. The predicted molar refractivity (Wildman–Crippen MR) is 82.8 cm³/mol. The van der Waals surface area contributed by atoms with Crippen molar-refractivity contribution < 1.29 is 4.79 Å². The minimum atomic E-state index is 0.197. The van der Waals surface area contributed by atoms with Crippen molar-refractivity contribution >= 4 is 17.7 Å². The van der Waals surface area contributed by atoms with E-state index in [1.54, 1.807) is 24.2 Å². The van der Waals surface area contributed by atoms with Crippen molar-refractivity contribution in [3.63, 3.8) is 0 Å². The third-order valence-corrected chi connectivity index (χ3v) is 4.80. The fourth-order valence-corrected chi connectivity index (χ4v) is 3.57. The fourth-order valence-electron chi connectivity index (χ4n) is 2.75. The van der Waals surface area contributed by atoms with Gasteiger partial charge in [0, 0.05) is 37.4 Å². The molecule has 1 aromatic heterocycles. The monoisotopic (exact) mass is 293 g/mol. The number of carbonyl (C=O) groups is 1. The molecule has 2 heterocycles. The van der Waals surface area contributed by atoms with Crippen molar-refractivity contribution in [1.29, 1.82) is 0 Å². The molecule has 0 N–H and O–H groups in total. The first-order chi connectivity index (χ1) is 9.48. The first-order valence-electron chi connectivity index (χ1n) is 6.94. The maximum absolute atomic E-state index is 12.2. The van der Waals surface area contributed by atoms with Gasteiger partial charge in [0.2, 0.25) is 5.91 Å². The molecule has 5 heteroatoms. The molecule has 1 atom stereocenters. The lowest BCUT2D eigenvalue weighted by atomic mass is 9.89. The largest absolute Gasteiger partial charge is 0.344 e. The summed E-state index contributed by atoms with van der Waals surface area (Å²) in [5.41, 5.74) is 0.237. The summed E-state index contributed by atoms with van der Waals surface area (Å²) >= 11 is 1.57. The van der Waals surface area contributed by atoms with Gasteiger partial charge in [0.05, 0.1) is 5.75 Å². The van der Waals surface area contributed by atoms with Crippen LogP contribution in [0.25, 0.3) is 0 Å². The van der Waals surface area contributed by atoms with E-state index in [9.17, 15) is 4.79 Å². The molecule has 0 aliphatic carbocycles. The highest BCUT2D eigenvalue weighted by molar-refractivity contribution is 8.00. The van der Waals surface area contributed by atoms with Crippen LogP contribution < -0.4 is 0 Å². The van der Waals surface area contributed by atoms with Gasteiger partial charge in [0.1, 0.15) is 0 Å². The molecule has 0 aromatic carbocycles. The molecule has 1 amide bonds. The molecule has 1 aliphatic heterocycles. The number of hydrogen-bond acceptors (Lipinski definition) is 4. The van der Waals surface area contributed by atoms with E-state index in [0.29, 0.717) is 5.75 Å². The number of hydrogen-bond donors (Lipinski definition) is 0. The van der Waals surface area contributed by atoms with Gasteiger partial charge in [0.25, 0.3) is 0 Å². The SMILES string of the molecule is CN1CC[C@@](C)(CN(C)C(=O)CSc2ccncc2)C1. The van der Waals surface area contributed by atoms with Crippen LogP contribution in [0.4, 0.5) is 0 Å². The second-order valence-corrected chi connectivity index (χ2v) is 7.07. The van der Waals surface area contributed by atoms with E-state index in [-0.39, 0.29) is 11.3 Å². The van der Waals surface area contributed by atoms with Crippen LogP contribution in [0, 0.1) is 5.41 Å². The van der Waals surface area contributed by atoms with Crippen LogP contribution in [0.5, 0.6) is 0 Å². The number of amides is 1. The number of pyridine rings is 1. The van der Waals surface area contributed by atoms with Crippen LogP contribution in [-0.4, -0.2) is 60.2 Å². The Morgan fingerprint density at radius 2 is 2.20 bits per heavy atom. The Morgan fingerprint density at radius 3 is 2.80 bits per heavy atom. The molecule has 2 rings (SSSR count). The van der Waals surface area contributed by atoms with E-state index in [0.717, 1.165) is 24.5 Å². The van der Waals surface area contributed by atoms with E-state index >= 15 is 0 Å². The molecule has 0 bridgehead atoms.